The van der Waals surface area contributed by atoms with Crippen molar-refractivity contribution in [2.45, 2.75) is 25.2 Å². The normalized spacial score (nSPS) is 19.7. The molecule has 0 bridgehead atoms. The summed E-state index contributed by atoms with van der Waals surface area (Å²) < 4.78 is 43.2. The summed E-state index contributed by atoms with van der Waals surface area (Å²) in [6.07, 6.45) is -4.08. The number of hydrogen-bond acceptors (Lipinski definition) is 5. The molecule has 1 saturated heterocycles. The van der Waals surface area contributed by atoms with E-state index in [4.69, 9.17) is 4.52 Å². The minimum absolute atomic E-state index is 0.126. The molecule has 1 aliphatic heterocycles. The van der Waals surface area contributed by atoms with Gasteiger partial charge in [-0.1, -0.05) is 17.3 Å². The third-order valence-electron chi connectivity index (χ3n) is 3.52. The minimum atomic E-state index is -4.41. The standard InChI is InChI=1S/C14H14F3N3O2/c15-14(16,17)10-3-1-2-9(6-10)13-18-12(22-19-13)8-20-5-4-11(21)7-20/h1-3,6,11,21H,4-5,7-8H2. The number of likely N-dealkylation sites (tertiary alicyclic amines) is 1. The van der Waals surface area contributed by atoms with Gasteiger partial charge in [0.25, 0.3) is 0 Å². The fraction of sp³-hybridized carbons (Fsp3) is 0.429. The van der Waals surface area contributed by atoms with Gasteiger partial charge >= 0.3 is 6.18 Å². The first-order valence-electron chi connectivity index (χ1n) is 6.82. The molecule has 1 aromatic carbocycles. The Hall–Kier alpha value is -1.93. The molecule has 1 atom stereocenters. The van der Waals surface area contributed by atoms with Crippen LogP contribution in [0.5, 0.6) is 0 Å². The first kappa shape index (κ1) is 15.0. The molecule has 22 heavy (non-hydrogen) atoms. The lowest BCUT2D eigenvalue weighted by Crippen LogP contribution is -2.21. The molecule has 0 aliphatic carbocycles. The number of aromatic nitrogens is 2. The molecule has 1 aliphatic rings. The van der Waals surface area contributed by atoms with Crippen LogP contribution in [-0.4, -0.2) is 39.3 Å². The number of benzene rings is 1. The van der Waals surface area contributed by atoms with Crippen LogP contribution in [0.2, 0.25) is 0 Å². The summed E-state index contributed by atoms with van der Waals surface area (Å²) in [6, 6.07) is 4.80. The summed E-state index contributed by atoms with van der Waals surface area (Å²) in [6.45, 7) is 1.63. The van der Waals surface area contributed by atoms with E-state index in [2.05, 4.69) is 10.1 Å². The summed E-state index contributed by atoms with van der Waals surface area (Å²) in [5, 5.41) is 13.2. The Morgan fingerprint density at radius 3 is 2.86 bits per heavy atom. The van der Waals surface area contributed by atoms with E-state index in [0.717, 1.165) is 18.7 Å². The van der Waals surface area contributed by atoms with Crippen LogP contribution in [0, 0.1) is 0 Å². The van der Waals surface area contributed by atoms with Gasteiger partial charge in [0.15, 0.2) is 0 Å². The van der Waals surface area contributed by atoms with Crippen molar-refractivity contribution in [3.8, 4) is 11.4 Å². The van der Waals surface area contributed by atoms with E-state index < -0.39 is 11.7 Å². The van der Waals surface area contributed by atoms with Gasteiger partial charge in [-0.2, -0.15) is 18.2 Å². The lowest BCUT2D eigenvalue weighted by atomic mass is 10.1. The van der Waals surface area contributed by atoms with Gasteiger partial charge in [-0.05, 0) is 18.6 Å². The smallest absolute Gasteiger partial charge is 0.392 e. The number of aliphatic hydroxyl groups is 1. The molecular weight excluding hydrogens is 299 g/mol. The average Bonchev–Trinajstić information content (AvgIpc) is 3.08. The van der Waals surface area contributed by atoms with Crippen LogP contribution in [0.3, 0.4) is 0 Å². The maximum Gasteiger partial charge on any atom is 0.416 e. The zero-order chi connectivity index (χ0) is 15.7. The Balaban J connectivity index is 1.76. The van der Waals surface area contributed by atoms with E-state index >= 15 is 0 Å². The predicted molar refractivity (Wildman–Crippen MR) is 70.6 cm³/mol. The molecule has 1 unspecified atom stereocenters. The second-order valence-electron chi connectivity index (χ2n) is 5.27. The van der Waals surface area contributed by atoms with Crippen molar-refractivity contribution in [3.63, 3.8) is 0 Å². The zero-order valence-electron chi connectivity index (χ0n) is 11.5. The second-order valence-corrected chi connectivity index (χ2v) is 5.27. The number of halogens is 3. The molecule has 2 heterocycles. The number of β-amino-alcohol motifs (C(OH)–C–C–N with tert-alkyl or cyclic N) is 1. The van der Waals surface area contributed by atoms with Crippen molar-refractivity contribution in [1.29, 1.82) is 0 Å². The molecular formula is C14H14F3N3O2. The monoisotopic (exact) mass is 313 g/mol. The number of rotatable bonds is 3. The Bertz CT molecular complexity index is 657. The van der Waals surface area contributed by atoms with Crippen LogP contribution in [-0.2, 0) is 12.7 Å². The highest BCUT2D eigenvalue weighted by Crippen LogP contribution is 2.31. The van der Waals surface area contributed by atoms with Crippen molar-refractivity contribution >= 4 is 0 Å². The molecule has 1 fully saturated rings. The van der Waals surface area contributed by atoms with Gasteiger partial charge in [-0.15, -0.1) is 0 Å². The van der Waals surface area contributed by atoms with Crippen molar-refractivity contribution in [2.75, 3.05) is 13.1 Å². The van der Waals surface area contributed by atoms with E-state index in [-0.39, 0.29) is 17.5 Å². The van der Waals surface area contributed by atoms with Crippen LogP contribution < -0.4 is 0 Å². The van der Waals surface area contributed by atoms with Crippen molar-refractivity contribution in [1.82, 2.24) is 15.0 Å². The Morgan fingerprint density at radius 2 is 2.18 bits per heavy atom. The molecule has 0 spiro atoms. The number of nitrogens with zero attached hydrogens (tertiary/aromatic N) is 3. The molecule has 8 heteroatoms. The first-order valence-corrected chi connectivity index (χ1v) is 6.82. The fourth-order valence-electron chi connectivity index (χ4n) is 2.42. The quantitative estimate of drug-likeness (QED) is 0.942. The highest BCUT2D eigenvalue weighted by molar-refractivity contribution is 5.55. The van der Waals surface area contributed by atoms with Gasteiger partial charge in [0.05, 0.1) is 18.2 Å². The highest BCUT2D eigenvalue weighted by Gasteiger charge is 2.31. The van der Waals surface area contributed by atoms with Gasteiger partial charge in [-0.25, -0.2) is 0 Å². The van der Waals surface area contributed by atoms with Gasteiger partial charge in [0.1, 0.15) is 0 Å². The molecule has 0 radical (unpaired) electrons. The van der Waals surface area contributed by atoms with Crippen LogP contribution in [0.1, 0.15) is 17.9 Å². The van der Waals surface area contributed by atoms with E-state index in [1.54, 1.807) is 0 Å². The van der Waals surface area contributed by atoms with E-state index in [1.807, 2.05) is 4.90 Å². The topological polar surface area (TPSA) is 62.4 Å². The molecule has 5 nitrogen and oxygen atoms in total. The molecule has 2 aromatic rings. The third kappa shape index (κ3) is 3.28. The van der Waals surface area contributed by atoms with Crippen LogP contribution in [0.25, 0.3) is 11.4 Å². The Morgan fingerprint density at radius 1 is 1.36 bits per heavy atom. The summed E-state index contributed by atoms with van der Waals surface area (Å²) in [5.41, 5.74) is -0.495. The summed E-state index contributed by atoms with van der Waals surface area (Å²) >= 11 is 0. The highest BCUT2D eigenvalue weighted by atomic mass is 19.4. The maximum atomic E-state index is 12.7. The number of hydrogen-bond donors (Lipinski definition) is 1. The number of alkyl halides is 3. The summed E-state index contributed by atoms with van der Waals surface area (Å²) in [5.74, 6) is 0.447. The molecule has 118 valence electrons. The molecule has 1 N–H and O–H groups in total. The van der Waals surface area contributed by atoms with Gasteiger partial charge in [0.2, 0.25) is 11.7 Å². The molecule has 0 saturated carbocycles. The first-order chi connectivity index (χ1) is 10.4. The summed E-state index contributed by atoms with van der Waals surface area (Å²) in [4.78, 5) is 6.08. The second kappa shape index (κ2) is 5.69. The van der Waals surface area contributed by atoms with Crippen LogP contribution >= 0.6 is 0 Å². The zero-order valence-corrected chi connectivity index (χ0v) is 11.5. The van der Waals surface area contributed by atoms with Gasteiger partial charge in [0, 0.05) is 18.7 Å². The number of aliphatic hydroxyl groups excluding tert-OH is 1. The lowest BCUT2D eigenvalue weighted by molar-refractivity contribution is -0.137. The maximum absolute atomic E-state index is 12.7. The SMILES string of the molecule is OC1CCN(Cc2nc(-c3cccc(C(F)(F)F)c3)no2)C1. The van der Waals surface area contributed by atoms with Crippen LogP contribution in [0.4, 0.5) is 13.2 Å². The van der Waals surface area contributed by atoms with E-state index in [9.17, 15) is 18.3 Å². The van der Waals surface area contributed by atoms with Crippen molar-refractivity contribution in [2.24, 2.45) is 0 Å². The van der Waals surface area contributed by atoms with Crippen LogP contribution in [0.15, 0.2) is 28.8 Å². The predicted octanol–water partition coefficient (Wildman–Crippen LogP) is 2.32. The average molecular weight is 313 g/mol. The molecule has 3 rings (SSSR count). The van der Waals surface area contributed by atoms with Gasteiger partial charge in [-0.3, -0.25) is 4.90 Å². The minimum Gasteiger partial charge on any atom is -0.392 e. The lowest BCUT2D eigenvalue weighted by Gasteiger charge is -2.10. The van der Waals surface area contributed by atoms with E-state index in [0.29, 0.717) is 25.4 Å². The Labute approximate surface area is 124 Å². The van der Waals surface area contributed by atoms with E-state index in [1.165, 1.54) is 12.1 Å². The largest absolute Gasteiger partial charge is 0.416 e. The Kier molecular flexibility index (Phi) is 3.88. The van der Waals surface area contributed by atoms with Crippen molar-refractivity contribution < 1.29 is 22.8 Å². The third-order valence-corrected chi connectivity index (χ3v) is 3.52. The fourth-order valence-corrected chi connectivity index (χ4v) is 2.42. The summed E-state index contributed by atoms with van der Waals surface area (Å²) in [7, 11) is 0. The van der Waals surface area contributed by atoms with Crippen molar-refractivity contribution in [3.05, 3.63) is 35.7 Å². The molecule has 1 aromatic heterocycles. The van der Waals surface area contributed by atoms with Gasteiger partial charge < -0.3 is 9.63 Å². The molecule has 0 amide bonds.